The molecular weight excluding hydrogens is 541 g/mol. The highest BCUT2D eigenvalue weighted by atomic mass is 32.2. The minimum Gasteiger partial charge on any atom is -0.354 e. The smallest absolute Gasteiger partial charge is 0.244 e. The molecule has 1 N–H and O–H groups in total. The summed E-state index contributed by atoms with van der Waals surface area (Å²) in [4.78, 5) is 29.1. The van der Waals surface area contributed by atoms with Crippen LogP contribution in [0.5, 0.6) is 0 Å². The summed E-state index contributed by atoms with van der Waals surface area (Å²) in [7, 11) is -3.90. The molecule has 0 spiro atoms. The van der Waals surface area contributed by atoms with Crippen LogP contribution in [0, 0.1) is 5.82 Å². The van der Waals surface area contributed by atoms with Crippen LogP contribution in [-0.2, 0) is 32.6 Å². The Kier molecular flexibility index (Phi) is 9.73. The molecule has 0 aliphatic carbocycles. The van der Waals surface area contributed by atoms with Gasteiger partial charge in [-0.15, -0.1) is 0 Å². The molecule has 0 heterocycles. The Morgan fingerprint density at radius 3 is 2.20 bits per heavy atom. The van der Waals surface area contributed by atoms with E-state index < -0.39 is 34.3 Å². The number of benzene rings is 4. The van der Waals surface area contributed by atoms with Crippen LogP contribution in [0.2, 0.25) is 0 Å². The number of anilines is 1. The first-order valence-electron chi connectivity index (χ1n) is 13.5. The number of rotatable bonds is 12. The van der Waals surface area contributed by atoms with E-state index in [-0.39, 0.29) is 18.9 Å². The SMILES string of the molecule is CCCNC(=O)[C@H](Cc1ccccc1)N(Cc1ccc(F)cc1)C(=O)CN(c1cccc2ccccc12)S(C)(=O)=O. The van der Waals surface area contributed by atoms with E-state index in [4.69, 9.17) is 0 Å². The molecule has 0 fully saturated rings. The molecule has 4 aromatic rings. The van der Waals surface area contributed by atoms with E-state index in [0.29, 0.717) is 29.6 Å². The van der Waals surface area contributed by atoms with Crippen LogP contribution in [-0.4, -0.2) is 50.5 Å². The number of carbonyl (C=O) groups excluding carboxylic acids is 2. The van der Waals surface area contributed by atoms with E-state index in [9.17, 15) is 22.4 Å². The Balaban J connectivity index is 1.76. The fourth-order valence-corrected chi connectivity index (χ4v) is 5.59. The van der Waals surface area contributed by atoms with Crippen molar-refractivity contribution in [3.63, 3.8) is 0 Å². The van der Waals surface area contributed by atoms with Gasteiger partial charge < -0.3 is 10.2 Å². The average Bonchev–Trinajstić information content (AvgIpc) is 2.97. The second kappa shape index (κ2) is 13.4. The normalized spacial score (nSPS) is 12.1. The molecule has 2 amide bonds. The lowest BCUT2D eigenvalue weighted by molar-refractivity contribution is -0.140. The number of hydrogen-bond acceptors (Lipinski definition) is 4. The van der Waals surface area contributed by atoms with E-state index in [2.05, 4.69) is 5.32 Å². The zero-order valence-electron chi connectivity index (χ0n) is 23.2. The molecule has 4 rings (SSSR count). The third kappa shape index (κ3) is 7.70. The van der Waals surface area contributed by atoms with Crippen molar-refractivity contribution in [1.82, 2.24) is 10.2 Å². The van der Waals surface area contributed by atoms with E-state index in [1.165, 1.54) is 17.0 Å². The number of halogens is 1. The maximum atomic E-state index is 14.2. The van der Waals surface area contributed by atoms with Gasteiger partial charge in [0.05, 0.1) is 11.9 Å². The van der Waals surface area contributed by atoms with Crippen molar-refractivity contribution < 1.29 is 22.4 Å². The van der Waals surface area contributed by atoms with Gasteiger partial charge in [0.15, 0.2) is 0 Å². The molecule has 0 aromatic heterocycles. The van der Waals surface area contributed by atoms with Gasteiger partial charge in [0.1, 0.15) is 18.4 Å². The number of sulfonamides is 1. The van der Waals surface area contributed by atoms with Gasteiger partial charge in [0.2, 0.25) is 21.8 Å². The zero-order valence-corrected chi connectivity index (χ0v) is 24.0. The lowest BCUT2D eigenvalue weighted by Crippen LogP contribution is -2.53. The Morgan fingerprint density at radius 1 is 0.854 bits per heavy atom. The third-order valence-electron chi connectivity index (χ3n) is 6.80. The van der Waals surface area contributed by atoms with Gasteiger partial charge in [-0.1, -0.05) is 85.8 Å². The molecule has 7 nitrogen and oxygen atoms in total. The lowest BCUT2D eigenvalue weighted by atomic mass is 10.0. The summed E-state index contributed by atoms with van der Waals surface area (Å²) < 4.78 is 41.0. The standard InChI is InChI=1S/C32H34FN3O4S/c1-3-20-34-32(38)30(21-24-10-5-4-6-11-24)35(22-25-16-18-27(33)19-17-25)31(37)23-36(41(2,39)40)29-15-9-13-26-12-7-8-14-28(26)29/h4-19,30H,3,20-23H2,1-2H3,(H,34,38)/t30-/m0/s1. The third-order valence-corrected chi connectivity index (χ3v) is 7.93. The van der Waals surface area contributed by atoms with Crippen molar-refractivity contribution in [2.45, 2.75) is 32.4 Å². The minimum absolute atomic E-state index is 0.0106. The fourth-order valence-electron chi connectivity index (χ4n) is 4.73. The van der Waals surface area contributed by atoms with Crippen LogP contribution in [0.25, 0.3) is 10.8 Å². The predicted octanol–water partition coefficient (Wildman–Crippen LogP) is 4.91. The molecule has 0 aliphatic heterocycles. The summed E-state index contributed by atoms with van der Waals surface area (Å²) in [6, 6.07) is 26.7. The quantitative estimate of drug-likeness (QED) is 0.260. The van der Waals surface area contributed by atoms with Crippen molar-refractivity contribution in [3.8, 4) is 0 Å². The number of hydrogen-bond donors (Lipinski definition) is 1. The molecule has 0 radical (unpaired) electrons. The molecule has 0 unspecified atom stereocenters. The van der Waals surface area contributed by atoms with Crippen LogP contribution in [0.1, 0.15) is 24.5 Å². The summed E-state index contributed by atoms with van der Waals surface area (Å²) in [5.41, 5.74) is 1.82. The first kappa shape index (κ1) is 29.7. The van der Waals surface area contributed by atoms with Gasteiger partial charge in [-0.05, 0) is 41.1 Å². The second-order valence-corrected chi connectivity index (χ2v) is 11.8. The maximum Gasteiger partial charge on any atom is 0.244 e. The first-order chi connectivity index (χ1) is 19.7. The van der Waals surface area contributed by atoms with E-state index in [1.54, 1.807) is 30.3 Å². The zero-order chi connectivity index (χ0) is 29.4. The Bertz CT molecular complexity index is 1590. The monoisotopic (exact) mass is 575 g/mol. The molecule has 0 aliphatic rings. The van der Waals surface area contributed by atoms with Gasteiger partial charge in [0, 0.05) is 24.9 Å². The highest BCUT2D eigenvalue weighted by Crippen LogP contribution is 2.29. The van der Waals surface area contributed by atoms with Crippen molar-refractivity contribution >= 4 is 38.3 Å². The predicted molar refractivity (Wildman–Crippen MR) is 160 cm³/mol. The van der Waals surface area contributed by atoms with Crippen LogP contribution < -0.4 is 9.62 Å². The summed E-state index contributed by atoms with van der Waals surface area (Å²) in [6.07, 6.45) is 1.98. The molecule has 0 saturated heterocycles. The highest BCUT2D eigenvalue weighted by Gasteiger charge is 2.33. The van der Waals surface area contributed by atoms with E-state index >= 15 is 0 Å². The van der Waals surface area contributed by atoms with E-state index in [1.807, 2.05) is 61.5 Å². The van der Waals surface area contributed by atoms with Crippen LogP contribution in [0.4, 0.5) is 10.1 Å². The topological polar surface area (TPSA) is 86.8 Å². The molecular formula is C32H34FN3O4S. The Morgan fingerprint density at radius 2 is 1.51 bits per heavy atom. The summed E-state index contributed by atoms with van der Waals surface area (Å²) in [5.74, 6) is -1.32. The molecule has 41 heavy (non-hydrogen) atoms. The highest BCUT2D eigenvalue weighted by molar-refractivity contribution is 7.92. The van der Waals surface area contributed by atoms with Crippen molar-refractivity contribution in [2.24, 2.45) is 0 Å². The van der Waals surface area contributed by atoms with Gasteiger partial charge in [-0.2, -0.15) is 0 Å². The molecule has 1 atom stereocenters. The number of nitrogens with zero attached hydrogens (tertiary/aromatic N) is 2. The first-order valence-corrected chi connectivity index (χ1v) is 15.3. The van der Waals surface area contributed by atoms with Crippen molar-refractivity contribution in [3.05, 3.63) is 114 Å². The average molecular weight is 576 g/mol. The van der Waals surface area contributed by atoms with E-state index in [0.717, 1.165) is 21.5 Å². The molecule has 0 saturated carbocycles. The van der Waals surface area contributed by atoms with Crippen LogP contribution in [0.15, 0.2) is 97.1 Å². The van der Waals surface area contributed by atoms with Crippen LogP contribution in [0.3, 0.4) is 0 Å². The molecule has 0 bridgehead atoms. The molecule has 4 aromatic carbocycles. The number of amides is 2. The van der Waals surface area contributed by atoms with Crippen LogP contribution >= 0.6 is 0 Å². The Labute approximate surface area is 240 Å². The summed E-state index contributed by atoms with van der Waals surface area (Å²) in [5, 5.41) is 4.41. The second-order valence-electron chi connectivity index (χ2n) is 9.91. The lowest BCUT2D eigenvalue weighted by Gasteiger charge is -2.33. The number of carbonyl (C=O) groups is 2. The number of fused-ring (bicyclic) bond motifs is 1. The summed E-state index contributed by atoms with van der Waals surface area (Å²) in [6.45, 7) is 1.83. The largest absolute Gasteiger partial charge is 0.354 e. The fraction of sp³-hybridized carbons (Fsp3) is 0.250. The Hall–Kier alpha value is -4.24. The van der Waals surface area contributed by atoms with Gasteiger partial charge >= 0.3 is 0 Å². The van der Waals surface area contributed by atoms with Gasteiger partial charge in [-0.3, -0.25) is 13.9 Å². The van der Waals surface area contributed by atoms with Gasteiger partial charge in [0.25, 0.3) is 0 Å². The number of nitrogens with one attached hydrogen (secondary N) is 1. The van der Waals surface area contributed by atoms with Crippen molar-refractivity contribution in [1.29, 1.82) is 0 Å². The maximum absolute atomic E-state index is 14.2. The van der Waals surface area contributed by atoms with Crippen molar-refractivity contribution in [2.75, 3.05) is 23.7 Å². The minimum atomic E-state index is -3.90. The molecule has 9 heteroatoms. The van der Waals surface area contributed by atoms with Gasteiger partial charge in [-0.25, -0.2) is 12.8 Å². The molecule has 214 valence electrons. The summed E-state index contributed by atoms with van der Waals surface area (Å²) >= 11 is 0.